The Labute approximate surface area is 149 Å². The van der Waals surface area contributed by atoms with Crippen LogP contribution in [0.3, 0.4) is 0 Å². The molecule has 6 heteroatoms. The quantitative estimate of drug-likeness (QED) is 0.549. The number of anilines is 2. The summed E-state index contributed by atoms with van der Waals surface area (Å²) in [5.74, 6) is 2.02. The van der Waals surface area contributed by atoms with Gasteiger partial charge in [0.15, 0.2) is 0 Å². The molecule has 0 aliphatic rings. The van der Waals surface area contributed by atoms with Crippen LogP contribution in [0.2, 0.25) is 5.02 Å². The summed E-state index contributed by atoms with van der Waals surface area (Å²) in [7, 11) is 0. The van der Waals surface area contributed by atoms with Crippen molar-refractivity contribution in [3.63, 3.8) is 0 Å². The minimum atomic E-state index is 0.325. The summed E-state index contributed by atoms with van der Waals surface area (Å²) in [4.78, 5) is 8.53. The van der Waals surface area contributed by atoms with Crippen molar-refractivity contribution in [1.82, 2.24) is 9.97 Å². The molecular formula is C19H13ClN3O2. The van der Waals surface area contributed by atoms with Gasteiger partial charge in [0.2, 0.25) is 0 Å². The van der Waals surface area contributed by atoms with Crippen molar-refractivity contribution in [3.8, 4) is 5.75 Å². The molecule has 4 aromatic rings. The Balaban J connectivity index is 1.54. The van der Waals surface area contributed by atoms with Crippen LogP contribution >= 0.6 is 11.6 Å². The maximum absolute atomic E-state index is 6.32. The Morgan fingerprint density at radius 2 is 2.16 bits per heavy atom. The van der Waals surface area contributed by atoms with Crippen LogP contribution in [0.15, 0.2) is 65.5 Å². The number of fused-ring (bicyclic) bond motifs is 1. The van der Waals surface area contributed by atoms with Gasteiger partial charge in [-0.2, -0.15) is 0 Å². The molecular weight excluding hydrogens is 338 g/mol. The second-order valence-electron chi connectivity index (χ2n) is 5.30. The van der Waals surface area contributed by atoms with E-state index in [1.165, 1.54) is 6.33 Å². The van der Waals surface area contributed by atoms with Crippen molar-refractivity contribution in [1.29, 1.82) is 0 Å². The molecule has 0 atom stereocenters. The highest BCUT2D eigenvalue weighted by molar-refractivity contribution is 6.32. The fraction of sp³-hybridized carbons (Fsp3) is 0.0526. The number of furan rings is 1. The average molecular weight is 351 g/mol. The maximum Gasteiger partial charge on any atom is 0.146 e. The zero-order valence-corrected chi connectivity index (χ0v) is 13.8. The molecule has 4 rings (SSSR count). The summed E-state index contributed by atoms with van der Waals surface area (Å²) in [5, 5.41) is 4.64. The van der Waals surface area contributed by atoms with Gasteiger partial charge >= 0.3 is 0 Å². The van der Waals surface area contributed by atoms with Gasteiger partial charge in [0.1, 0.15) is 30.3 Å². The summed E-state index contributed by atoms with van der Waals surface area (Å²) in [6, 6.07) is 17.7. The van der Waals surface area contributed by atoms with Crippen LogP contribution in [0.4, 0.5) is 11.5 Å². The molecule has 0 saturated carbocycles. The molecule has 0 amide bonds. The molecule has 0 spiro atoms. The third kappa shape index (κ3) is 3.41. The Hall–Kier alpha value is -3.05. The minimum absolute atomic E-state index is 0.325. The molecule has 0 fully saturated rings. The topological polar surface area (TPSA) is 60.2 Å². The molecule has 0 bridgehead atoms. The van der Waals surface area contributed by atoms with E-state index >= 15 is 0 Å². The van der Waals surface area contributed by atoms with Gasteiger partial charge in [-0.3, -0.25) is 0 Å². The fourth-order valence-corrected chi connectivity index (χ4v) is 2.65. The lowest BCUT2D eigenvalue weighted by atomic mass is 10.2. The molecule has 5 nitrogen and oxygen atoms in total. The third-order valence-corrected chi connectivity index (χ3v) is 3.92. The van der Waals surface area contributed by atoms with Crippen molar-refractivity contribution in [2.24, 2.45) is 0 Å². The van der Waals surface area contributed by atoms with Crippen LogP contribution in [-0.4, -0.2) is 9.97 Å². The van der Waals surface area contributed by atoms with Crippen LogP contribution in [0, 0.1) is 6.07 Å². The maximum atomic E-state index is 6.32. The number of rotatable bonds is 5. The largest absolute Gasteiger partial charge is 0.484 e. The summed E-state index contributed by atoms with van der Waals surface area (Å²) in [6.07, 6.45) is 3.13. The number of hydrogen-bond donors (Lipinski definition) is 1. The number of nitrogens with zero attached hydrogens (tertiary/aromatic N) is 2. The van der Waals surface area contributed by atoms with Gasteiger partial charge in [-0.15, -0.1) is 0 Å². The summed E-state index contributed by atoms with van der Waals surface area (Å²) in [5.41, 5.74) is 1.65. The average Bonchev–Trinajstić information content (AvgIpc) is 3.15. The Bertz CT molecular complexity index is 997. The van der Waals surface area contributed by atoms with E-state index in [9.17, 15) is 0 Å². The first-order valence-corrected chi connectivity index (χ1v) is 8.00. The van der Waals surface area contributed by atoms with Crippen LogP contribution in [0.25, 0.3) is 10.9 Å². The highest BCUT2D eigenvalue weighted by atomic mass is 35.5. The molecule has 2 aromatic heterocycles. The lowest BCUT2D eigenvalue weighted by Crippen LogP contribution is -1.97. The Morgan fingerprint density at radius 1 is 1.20 bits per heavy atom. The number of aromatic nitrogens is 2. The first-order chi connectivity index (χ1) is 12.3. The van der Waals surface area contributed by atoms with E-state index in [1.807, 2.05) is 42.5 Å². The van der Waals surface area contributed by atoms with Crippen molar-refractivity contribution in [3.05, 3.63) is 78.0 Å². The standard InChI is InChI=1S/C19H13ClN3O2/c20-16-10-13(7-8-18(16)25-11-14-4-3-9-24-14)23-19-15-5-1-2-6-17(15)21-12-22-19/h2-10,12H,11H2,(H,21,22,23). The van der Waals surface area contributed by atoms with Gasteiger partial charge in [0.25, 0.3) is 0 Å². The predicted octanol–water partition coefficient (Wildman–Crippen LogP) is 5.00. The Morgan fingerprint density at radius 3 is 3.00 bits per heavy atom. The fourth-order valence-electron chi connectivity index (χ4n) is 2.42. The summed E-state index contributed by atoms with van der Waals surface area (Å²) < 4.78 is 10.9. The molecule has 0 unspecified atom stereocenters. The van der Waals surface area contributed by atoms with Crippen LogP contribution in [0.1, 0.15) is 5.76 Å². The summed E-state index contributed by atoms with van der Waals surface area (Å²) >= 11 is 6.32. The van der Waals surface area contributed by atoms with Gasteiger partial charge in [-0.05, 0) is 48.5 Å². The van der Waals surface area contributed by atoms with E-state index in [0.717, 1.165) is 22.4 Å². The number of benzene rings is 2. The van der Waals surface area contributed by atoms with Crippen molar-refractivity contribution in [2.75, 3.05) is 5.32 Å². The SMILES string of the molecule is Clc1cc(Nc2ncnc3cc[c]cc23)ccc1OCc1ccco1. The van der Waals surface area contributed by atoms with E-state index in [-0.39, 0.29) is 0 Å². The third-order valence-electron chi connectivity index (χ3n) is 3.62. The van der Waals surface area contributed by atoms with Gasteiger partial charge in [0, 0.05) is 11.1 Å². The molecule has 0 saturated heterocycles. The van der Waals surface area contributed by atoms with Crippen LogP contribution in [-0.2, 0) is 6.61 Å². The first kappa shape index (κ1) is 15.5. The zero-order chi connectivity index (χ0) is 17.1. The number of nitrogens with one attached hydrogen (secondary N) is 1. The minimum Gasteiger partial charge on any atom is -0.484 e. The van der Waals surface area contributed by atoms with Crippen molar-refractivity contribution in [2.45, 2.75) is 6.61 Å². The number of ether oxygens (including phenoxy) is 1. The van der Waals surface area contributed by atoms with Gasteiger partial charge in [0.05, 0.1) is 16.8 Å². The van der Waals surface area contributed by atoms with Crippen molar-refractivity contribution < 1.29 is 9.15 Å². The van der Waals surface area contributed by atoms with Crippen LogP contribution < -0.4 is 10.1 Å². The highest BCUT2D eigenvalue weighted by Crippen LogP contribution is 2.30. The molecule has 0 aliphatic heterocycles. The molecule has 0 aliphatic carbocycles. The van der Waals surface area contributed by atoms with Gasteiger partial charge in [-0.25, -0.2) is 9.97 Å². The van der Waals surface area contributed by atoms with E-state index in [0.29, 0.717) is 23.2 Å². The molecule has 123 valence electrons. The molecule has 25 heavy (non-hydrogen) atoms. The number of hydrogen-bond acceptors (Lipinski definition) is 5. The summed E-state index contributed by atoms with van der Waals surface area (Å²) in [6.45, 7) is 0.325. The smallest absolute Gasteiger partial charge is 0.146 e. The lowest BCUT2D eigenvalue weighted by molar-refractivity contribution is 0.270. The molecule has 1 N–H and O–H groups in total. The van der Waals surface area contributed by atoms with E-state index < -0.39 is 0 Å². The molecule has 1 radical (unpaired) electrons. The normalized spacial score (nSPS) is 10.8. The predicted molar refractivity (Wildman–Crippen MR) is 96.1 cm³/mol. The van der Waals surface area contributed by atoms with Crippen molar-refractivity contribution >= 4 is 34.0 Å². The van der Waals surface area contributed by atoms with Gasteiger partial charge < -0.3 is 14.5 Å². The van der Waals surface area contributed by atoms with E-state index in [4.69, 9.17) is 20.8 Å². The lowest BCUT2D eigenvalue weighted by Gasteiger charge is -2.11. The highest BCUT2D eigenvalue weighted by Gasteiger charge is 2.07. The van der Waals surface area contributed by atoms with Gasteiger partial charge in [-0.1, -0.05) is 17.7 Å². The number of halogens is 1. The monoisotopic (exact) mass is 350 g/mol. The van der Waals surface area contributed by atoms with E-state index in [1.54, 1.807) is 12.3 Å². The second kappa shape index (κ2) is 6.83. The first-order valence-electron chi connectivity index (χ1n) is 7.62. The second-order valence-corrected chi connectivity index (χ2v) is 5.71. The van der Waals surface area contributed by atoms with E-state index in [2.05, 4.69) is 21.4 Å². The zero-order valence-electron chi connectivity index (χ0n) is 13.1. The van der Waals surface area contributed by atoms with Crippen LogP contribution in [0.5, 0.6) is 5.75 Å². The Kier molecular flexibility index (Phi) is 4.23. The molecule has 2 aromatic carbocycles. The molecule has 2 heterocycles.